The van der Waals surface area contributed by atoms with Crippen LogP contribution in [0.5, 0.6) is 0 Å². The minimum Gasteiger partial charge on any atom is -0.480 e. The van der Waals surface area contributed by atoms with Gasteiger partial charge >= 0.3 is 12.1 Å². The molecule has 0 aromatic rings. The first kappa shape index (κ1) is 15.7. The summed E-state index contributed by atoms with van der Waals surface area (Å²) in [5.74, 6) is -5.75. The molecule has 1 aliphatic rings. The number of aliphatic carboxylic acids is 1. The van der Waals surface area contributed by atoms with Gasteiger partial charge in [-0.3, -0.25) is 4.79 Å². The van der Waals surface area contributed by atoms with Crippen LogP contribution in [0.15, 0.2) is 0 Å². The number of amides is 1. The van der Waals surface area contributed by atoms with Gasteiger partial charge in [-0.1, -0.05) is 12.8 Å². The van der Waals surface area contributed by atoms with E-state index in [0.717, 1.165) is 0 Å². The maximum absolute atomic E-state index is 12.8. The predicted octanol–water partition coefficient (Wildman–Crippen LogP) is 1.89. The number of carboxylic acids is 1. The Hall–Kier alpha value is -1.34. The second kappa shape index (κ2) is 6.21. The lowest BCUT2D eigenvalue weighted by Gasteiger charge is -2.32. The van der Waals surface area contributed by atoms with E-state index >= 15 is 0 Å². The number of hydrogen-bond donors (Lipinski definition) is 2. The number of alkyl halides is 4. The molecule has 0 aromatic carbocycles. The van der Waals surface area contributed by atoms with E-state index in [9.17, 15) is 27.2 Å². The monoisotopic (exact) mass is 285 g/mol. The van der Waals surface area contributed by atoms with Crippen LogP contribution in [0, 0.1) is 11.8 Å². The fourth-order valence-corrected chi connectivity index (χ4v) is 2.28. The highest BCUT2D eigenvalue weighted by Gasteiger charge is 2.48. The molecule has 3 atom stereocenters. The number of hydrogen-bond acceptors (Lipinski definition) is 2. The second-order valence-corrected chi connectivity index (χ2v) is 4.59. The van der Waals surface area contributed by atoms with Gasteiger partial charge in [-0.15, -0.1) is 0 Å². The van der Waals surface area contributed by atoms with Gasteiger partial charge in [0.25, 0.3) is 0 Å². The molecule has 0 heterocycles. The zero-order chi connectivity index (χ0) is 14.6. The minimum absolute atomic E-state index is 0.0363. The van der Waals surface area contributed by atoms with Crippen molar-refractivity contribution < 1.29 is 32.3 Å². The average Bonchev–Trinajstić information content (AvgIpc) is 2.34. The Morgan fingerprint density at radius 1 is 1.26 bits per heavy atom. The van der Waals surface area contributed by atoms with Crippen molar-refractivity contribution in [2.24, 2.45) is 11.8 Å². The largest absolute Gasteiger partial charge is 0.480 e. The van der Waals surface area contributed by atoms with Crippen LogP contribution >= 0.6 is 0 Å². The molecule has 0 spiro atoms. The Morgan fingerprint density at radius 2 is 1.84 bits per heavy atom. The van der Waals surface area contributed by atoms with E-state index in [4.69, 9.17) is 5.11 Å². The summed E-state index contributed by atoms with van der Waals surface area (Å²) in [6, 6.07) is -1.79. The van der Waals surface area contributed by atoms with Gasteiger partial charge in [-0.05, 0) is 12.8 Å². The third kappa shape index (κ3) is 4.07. The Labute approximate surface area is 107 Å². The molecule has 110 valence electrons. The normalized spacial score (nSPS) is 25.7. The van der Waals surface area contributed by atoms with Gasteiger partial charge in [0.05, 0.1) is 5.92 Å². The van der Waals surface area contributed by atoms with Crippen molar-refractivity contribution in [2.45, 2.75) is 37.9 Å². The summed E-state index contributed by atoms with van der Waals surface area (Å²) in [5.41, 5.74) is 0. The Kier molecular flexibility index (Phi) is 5.13. The van der Waals surface area contributed by atoms with Crippen molar-refractivity contribution in [3.63, 3.8) is 0 Å². The van der Waals surface area contributed by atoms with Crippen LogP contribution < -0.4 is 5.32 Å². The van der Waals surface area contributed by atoms with Crippen LogP contribution in [0.3, 0.4) is 0 Å². The van der Waals surface area contributed by atoms with E-state index in [0.29, 0.717) is 12.8 Å². The first-order valence-corrected chi connectivity index (χ1v) is 5.93. The summed E-state index contributed by atoms with van der Waals surface area (Å²) in [7, 11) is 0. The topological polar surface area (TPSA) is 66.4 Å². The molecule has 1 saturated carbocycles. The smallest absolute Gasteiger partial charge is 0.392 e. The van der Waals surface area contributed by atoms with Crippen LogP contribution in [0.4, 0.5) is 17.6 Å². The molecule has 1 rings (SSSR count). The van der Waals surface area contributed by atoms with Gasteiger partial charge in [0.2, 0.25) is 5.91 Å². The lowest BCUT2D eigenvalue weighted by molar-refractivity contribution is -0.198. The van der Waals surface area contributed by atoms with Crippen molar-refractivity contribution in [1.29, 1.82) is 0 Å². The Balaban J connectivity index is 2.75. The van der Waals surface area contributed by atoms with E-state index in [-0.39, 0.29) is 12.8 Å². The Bertz CT molecular complexity index is 345. The lowest BCUT2D eigenvalue weighted by Crippen LogP contribution is -2.49. The zero-order valence-corrected chi connectivity index (χ0v) is 10.0. The summed E-state index contributed by atoms with van der Waals surface area (Å²) in [4.78, 5) is 22.2. The standard InChI is InChI=1S/C11H15F4NO3/c12-5-8(10(18)19)16-9(17)6-3-1-2-4-7(6)11(13,14)15/h6-8H,1-5H2,(H,16,17)(H,18,19). The molecule has 0 radical (unpaired) electrons. The third-order valence-corrected chi connectivity index (χ3v) is 3.29. The predicted molar refractivity (Wildman–Crippen MR) is 57.0 cm³/mol. The number of rotatable bonds is 4. The number of nitrogens with one attached hydrogen (secondary N) is 1. The molecule has 4 nitrogen and oxygen atoms in total. The van der Waals surface area contributed by atoms with E-state index in [1.165, 1.54) is 0 Å². The summed E-state index contributed by atoms with van der Waals surface area (Å²) < 4.78 is 50.6. The highest BCUT2D eigenvalue weighted by atomic mass is 19.4. The van der Waals surface area contributed by atoms with Gasteiger partial charge in [0.1, 0.15) is 6.67 Å². The van der Waals surface area contributed by atoms with Crippen molar-refractivity contribution in [2.75, 3.05) is 6.67 Å². The van der Waals surface area contributed by atoms with Crippen molar-refractivity contribution >= 4 is 11.9 Å². The molecule has 1 fully saturated rings. The first-order chi connectivity index (χ1) is 8.77. The Morgan fingerprint density at radius 3 is 2.32 bits per heavy atom. The molecule has 0 saturated heterocycles. The van der Waals surface area contributed by atoms with Crippen molar-refractivity contribution in [1.82, 2.24) is 5.32 Å². The van der Waals surface area contributed by atoms with Gasteiger partial charge < -0.3 is 10.4 Å². The molecule has 8 heteroatoms. The SMILES string of the molecule is O=C(O)C(CF)NC(=O)C1CCCCC1C(F)(F)F. The highest BCUT2D eigenvalue weighted by Crippen LogP contribution is 2.41. The molecule has 1 aliphatic carbocycles. The molecule has 2 N–H and O–H groups in total. The highest BCUT2D eigenvalue weighted by molar-refractivity contribution is 5.85. The van der Waals surface area contributed by atoms with E-state index in [1.807, 2.05) is 5.32 Å². The summed E-state index contributed by atoms with van der Waals surface area (Å²) >= 11 is 0. The number of halogens is 4. The molecular weight excluding hydrogens is 270 g/mol. The molecule has 3 unspecified atom stereocenters. The molecule has 1 amide bonds. The lowest BCUT2D eigenvalue weighted by atomic mass is 9.78. The molecule has 0 aliphatic heterocycles. The van der Waals surface area contributed by atoms with Crippen LogP contribution in [-0.4, -0.2) is 35.9 Å². The van der Waals surface area contributed by atoms with Crippen molar-refractivity contribution in [3.8, 4) is 0 Å². The maximum atomic E-state index is 12.8. The molecule has 0 aromatic heterocycles. The first-order valence-electron chi connectivity index (χ1n) is 5.93. The minimum atomic E-state index is -4.50. The fourth-order valence-electron chi connectivity index (χ4n) is 2.28. The number of carbonyl (C=O) groups is 2. The molecule has 19 heavy (non-hydrogen) atoms. The van der Waals surface area contributed by atoms with Crippen LogP contribution in [-0.2, 0) is 9.59 Å². The summed E-state index contributed by atoms with van der Waals surface area (Å²) in [5, 5.41) is 10.4. The van der Waals surface area contributed by atoms with Crippen LogP contribution in [0.2, 0.25) is 0 Å². The van der Waals surface area contributed by atoms with Gasteiger partial charge in [0, 0.05) is 5.92 Å². The van der Waals surface area contributed by atoms with Crippen LogP contribution in [0.25, 0.3) is 0 Å². The molecular formula is C11H15F4NO3. The maximum Gasteiger partial charge on any atom is 0.392 e. The summed E-state index contributed by atoms with van der Waals surface area (Å²) in [6.45, 7) is -1.36. The summed E-state index contributed by atoms with van der Waals surface area (Å²) in [6.07, 6.45) is -3.78. The number of carbonyl (C=O) groups excluding carboxylic acids is 1. The number of carboxylic acid groups (broad SMARTS) is 1. The van der Waals surface area contributed by atoms with E-state index in [2.05, 4.69) is 0 Å². The second-order valence-electron chi connectivity index (χ2n) is 4.59. The van der Waals surface area contributed by atoms with Gasteiger partial charge in [-0.25, -0.2) is 9.18 Å². The van der Waals surface area contributed by atoms with Crippen molar-refractivity contribution in [3.05, 3.63) is 0 Å². The van der Waals surface area contributed by atoms with E-state index in [1.54, 1.807) is 0 Å². The van der Waals surface area contributed by atoms with Gasteiger partial charge in [0.15, 0.2) is 6.04 Å². The fraction of sp³-hybridized carbons (Fsp3) is 0.818. The quantitative estimate of drug-likeness (QED) is 0.775. The third-order valence-electron chi connectivity index (χ3n) is 3.29. The van der Waals surface area contributed by atoms with Gasteiger partial charge in [-0.2, -0.15) is 13.2 Å². The van der Waals surface area contributed by atoms with Crippen LogP contribution in [0.1, 0.15) is 25.7 Å². The van der Waals surface area contributed by atoms with E-state index < -0.39 is 42.6 Å². The average molecular weight is 285 g/mol. The molecule has 0 bridgehead atoms. The zero-order valence-electron chi connectivity index (χ0n) is 10.0.